The Morgan fingerprint density at radius 1 is 0.957 bits per heavy atom. The summed E-state index contributed by atoms with van der Waals surface area (Å²) in [5.41, 5.74) is 1.63. The number of sulfonamides is 1. The van der Waals surface area contributed by atoms with E-state index in [1.165, 1.54) is 0 Å². The fourth-order valence-corrected chi connectivity index (χ4v) is 3.36. The number of benzene rings is 2. The lowest BCUT2D eigenvalue weighted by atomic mass is 10.1. The van der Waals surface area contributed by atoms with Crippen LogP contribution in [-0.2, 0) is 23.0 Å². The molecule has 2 rings (SSSR count). The number of ether oxygens (including phenoxy) is 2. The Labute approximate surface area is 137 Å². The normalized spacial score (nSPS) is 11.3. The van der Waals surface area contributed by atoms with Gasteiger partial charge in [-0.05, 0) is 36.2 Å². The Hall–Kier alpha value is -2.05. The maximum absolute atomic E-state index is 12.5. The number of rotatable bonds is 7. The molecule has 23 heavy (non-hydrogen) atoms. The van der Waals surface area contributed by atoms with Gasteiger partial charge < -0.3 is 9.47 Å². The van der Waals surface area contributed by atoms with Gasteiger partial charge in [-0.3, -0.25) is 0 Å². The van der Waals surface area contributed by atoms with Gasteiger partial charge in [-0.25, -0.2) is 13.1 Å². The molecule has 5 nitrogen and oxygen atoms in total. The lowest BCUT2D eigenvalue weighted by Gasteiger charge is -2.12. The number of nitrogens with one attached hydrogen (secondary N) is 1. The summed E-state index contributed by atoms with van der Waals surface area (Å²) in [6.07, 6.45) is 0.693. The molecule has 6 heteroatoms. The van der Waals surface area contributed by atoms with Gasteiger partial charge in [0.25, 0.3) is 0 Å². The summed E-state index contributed by atoms with van der Waals surface area (Å²) in [4.78, 5) is 0.227. The van der Waals surface area contributed by atoms with Crippen LogP contribution in [0.3, 0.4) is 0 Å². The lowest BCUT2D eigenvalue weighted by molar-refractivity contribution is 0.409. The molecular weight excluding hydrogens is 314 g/mol. The van der Waals surface area contributed by atoms with E-state index in [4.69, 9.17) is 9.47 Å². The van der Waals surface area contributed by atoms with E-state index >= 15 is 0 Å². The third-order valence-electron chi connectivity index (χ3n) is 3.59. The zero-order chi connectivity index (χ0) is 16.9. The van der Waals surface area contributed by atoms with Gasteiger partial charge in [0.05, 0.1) is 19.1 Å². The van der Waals surface area contributed by atoms with Crippen LogP contribution in [0.5, 0.6) is 11.5 Å². The van der Waals surface area contributed by atoms with E-state index in [2.05, 4.69) is 4.72 Å². The molecule has 1 N–H and O–H groups in total. The van der Waals surface area contributed by atoms with Crippen molar-refractivity contribution < 1.29 is 17.9 Å². The molecule has 0 atom stereocenters. The molecule has 0 fully saturated rings. The van der Waals surface area contributed by atoms with E-state index < -0.39 is 10.0 Å². The van der Waals surface area contributed by atoms with Gasteiger partial charge in [-0.2, -0.15) is 0 Å². The van der Waals surface area contributed by atoms with Crippen molar-refractivity contribution in [2.24, 2.45) is 0 Å². The number of para-hydroxylation sites is 1. The van der Waals surface area contributed by atoms with E-state index in [9.17, 15) is 8.42 Å². The lowest BCUT2D eigenvalue weighted by Crippen LogP contribution is -2.23. The highest BCUT2D eigenvalue weighted by Gasteiger charge is 2.16. The highest BCUT2D eigenvalue weighted by Crippen LogP contribution is 2.23. The molecule has 0 bridgehead atoms. The van der Waals surface area contributed by atoms with Crippen molar-refractivity contribution in [3.63, 3.8) is 0 Å². The molecule has 124 valence electrons. The first kappa shape index (κ1) is 17.3. The number of hydrogen-bond acceptors (Lipinski definition) is 4. The third kappa shape index (κ3) is 4.03. The summed E-state index contributed by atoms with van der Waals surface area (Å²) in [7, 11) is -0.470. The van der Waals surface area contributed by atoms with Gasteiger partial charge in [0.2, 0.25) is 10.0 Å². The van der Waals surface area contributed by atoms with Crippen LogP contribution in [0, 0.1) is 0 Å². The molecule has 0 aromatic heterocycles. The molecule has 0 heterocycles. The van der Waals surface area contributed by atoms with Crippen molar-refractivity contribution in [3.8, 4) is 11.5 Å². The first-order chi connectivity index (χ1) is 11.0. The first-order valence-electron chi connectivity index (χ1n) is 7.30. The number of hydrogen-bond donors (Lipinski definition) is 1. The fourth-order valence-electron chi connectivity index (χ4n) is 2.30. The number of aryl methyl sites for hydroxylation is 1. The predicted molar refractivity (Wildman–Crippen MR) is 89.4 cm³/mol. The average Bonchev–Trinajstić information content (AvgIpc) is 2.59. The molecule has 0 radical (unpaired) electrons. The van der Waals surface area contributed by atoms with Gasteiger partial charge in [0.1, 0.15) is 11.5 Å². The van der Waals surface area contributed by atoms with Crippen molar-refractivity contribution >= 4 is 10.0 Å². The molecule has 0 spiro atoms. The Morgan fingerprint density at radius 2 is 1.61 bits per heavy atom. The monoisotopic (exact) mass is 335 g/mol. The van der Waals surface area contributed by atoms with Crippen molar-refractivity contribution in [2.75, 3.05) is 14.2 Å². The van der Waals surface area contributed by atoms with Gasteiger partial charge in [0.15, 0.2) is 0 Å². The van der Waals surface area contributed by atoms with Crippen LogP contribution in [0.15, 0.2) is 47.4 Å². The molecule has 0 aliphatic rings. The van der Waals surface area contributed by atoms with Crippen molar-refractivity contribution in [1.29, 1.82) is 0 Å². The third-order valence-corrected chi connectivity index (χ3v) is 4.99. The van der Waals surface area contributed by atoms with Crippen LogP contribution >= 0.6 is 0 Å². The van der Waals surface area contributed by atoms with Crippen LogP contribution in [0.25, 0.3) is 0 Å². The Morgan fingerprint density at radius 3 is 2.26 bits per heavy atom. The summed E-state index contributed by atoms with van der Waals surface area (Å²) >= 11 is 0. The van der Waals surface area contributed by atoms with E-state index in [0.717, 1.165) is 11.1 Å². The molecule has 2 aromatic carbocycles. The predicted octanol–water partition coefficient (Wildman–Crippen LogP) is 2.74. The van der Waals surface area contributed by atoms with Crippen LogP contribution in [-0.4, -0.2) is 22.6 Å². The van der Waals surface area contributed by atoms with Gasteiger partial charge in [-0.1, -0.05) is 25.1 Å². The molecular formula is C17H21NO4S. The minimum Gasteiger partial charge on any atom is -0.496 e. The van der Waals surface area contributed by atoms with Crippen molar-refractivity contribution in [3.05, 3.63) is 53.6 Å². The van der Waals surface area contributed by atoms with Gasteiger partial charge >= 0.3 is 0 Å². The smallest absolute Gasteiger partial charge is 0.240 e. The molecule has 0 aliphatic heterocycles. The zero-order valence-corrected chi connectivity index (χ0v) is 14.3. The van der Waals surface area contributed by atoms with E-state index in [-0.39, 0.29) is 11.4 Å². The Balaban J connectivity index is 2.22. The average molecular weight is 335 g/mol. The second kappa shape index (κ2) is 7.48. The van der Waals surface area contributed by atoms with Crippen LogP contribution < -0.4 is 14.2 Å². The summed E-state index contributed by atoms with van der Waals surface area (Å²) < 4.78 is 38.0. The highest BCUT2D eigenvalue weighted by molar-refractivity contribution is 7.89. The quantitative estimate of drug-likeness (QED) is 0.845. The molecule has 0 unspecified atom stereocenters. The summed E-state index contributed by atoms with van der Waals surface area (Å²) in [5.74, 6) is 1.34. The minimum absolute atomic E-state index is 0.167. The minimum atomic E-state index is -3.60. The number of methoxy groups -OCH3 is 2. The van der Waals surface area contributed by atoms with E-state index in [1.54, 1.807) is 38.5 Å². The highest BCUT2D eigenvalue weighted by atomic mass is 32.2. The largest absolute Gasteiger partial charge is 0.496 e. The van der Waals surface area contributed by atoms with Crippen molar-refractivity contribution in [1.82, 2.24) is 4.72 Å². The van der Waals surface area contributed by atoms with Crippen molar-refractivity contribution in [2.45, 2.75) is 24.8 Å². The zero-order valence-electron chi connectivity index (χ0n) is 13.5. The van der Waals surface area contributed by atoms with Gasteiger partial charge in [0, 0.05) is 12.1 Å². The standard InChI is InChI=1S/C17H21NO4S/c1-4-13-11-15(9-10-17(13)22-3)23(19,20)18-12-14-7-5-6-8-16(14)21-2/h5-11,18H,4,12H2,1-3H3. The van der Waals surface area contributed by atoms with Crippen LogP contribution in [0.1, 0.15) is 18.1 Å². The van der Waals surface area contributed by atoms with Crippen LogP contribution in [0.4, 0.5) is 0 Å². The Bertz CT molecular complexity index is 772. The molecule has 0 aliphatic carbocycles. The maximum Gasteiger partial charge on any atom is 0.240 e. The van der Waals surface area contributed by atoms with E-state index in [0.29, 0.717) is 17.9 Å². The first-order valence-corrected chi connectivity index (χ1v) is 8.78. The maximum atomic E-state index is 12.5. The molecule has 0 saturated carbocycles. The SMILES string of the molecule is CCc1cc(S(=O)(=O)NCc2ccccc2OC)ccc1OC. The second-order valence-corrected chi connectivity index (χ2v) is 6.73. The second-order valence-electron chi connectivity index (χ2n) is 4.96. The topological polar surface area (TPSA) is 64.6 Å². The van der Waals surface area contributed by atoms with Gasteiger partial charge in [-0.15, -0.1) is 0 Å². The summed E-state index contributed by atoms with van der Waals surface area (Å²) in [6.45, 7) is 2.12. The molecule has 0 saturated heterocycles. The Kier molecular flexibility index (Phi) is 5.63. The van der Waals surface area contributed by atoms with E-state index in [1.807, 2.05) is 25.1 Å². The summed E-state index contributed by atoms with van der Waals surface area (Å²) in [6, 6.07) is 12.2. The van der Waals surface area contributed by atoms with Crippen LogP contribution in [0.2, 0.25) is 0 Å². The molecule has 0 amide bonds. The summed E-state index contributed by atoms with van der Waals surface area (Å²) in [5, 5.41) is 0. The fraction of sp³-hybridized carbons (Fsp3) is 0.294. The molecule has 2 aromatic rings.